The Hall–Kier alpha value is -3.07. The van der Waals surface area contributed by atoms with Crippen molar-refractivity contribution in [1.82, 2.24) is 10.2 Å². The van der Waals surface area contributed by atoms with Crippen LogP contribution in [0.2, 0.25) is 0 Å². The van der Waals surface area contributed by atoms with Crippen LogP contribution in [0, 0.1) is 0 Å². The highest BCUT2D eigenvalue weighted by Crippen LogP contribution is 2.25. The van der Waals surface area contributed by atoms with Crippen molar-refractivity contribution in [3.63, 3.8) is 0 Å². The number of esters is 1. The zero-order chi connectivity index (χ0) is 18.5. The van der Waals surface area contributed by atoms with Crippen LogP contribution in [0.15, 0.2) is 56.7 Å². The molecule has 0 saturated heterocycles. The number of amides is 1. The summed E-state index contributed by atoms with van der Waals surface area (Å²) in [5.74, 6) is 0.0253. The number of carbonyl (C=O) groups excluding carboxylic acids is 2. The normalized spacial score (nSPS) is 10.5. The second-order valence-electron chi connectivity index (χ2n) is 5.10. The summed E-state index contributed by atoms with van der Waals surface area (Å²) >= 11 is 1.10. The van der Waals surface area contributed by atoms with E-state index >= 15 is 0 Å². The van der Waals surface area contributed by atoms with Crippen molar-refractivity contribution in [3.8, 4) is 11.7 Å². The largest absolute Gasteiger partial charge is 0.465 e. The minimum Gasteiger partial charge on any atom is -0.465 e. The molecular formula is C17H15N3O5S. The summed E-state index contributed by atoms with van der Waals surface area (Å²) in [4.78, 5) is 25.7. The number of hydrogen-bond donors (Lipinski definition) is 0. The van der Waals surface area contributed by atoms with Gasteiger partial charge in [-0.15, -0.1) is 10.2 Å². The van der Waals surface area contributed by atoms with Crippen LogP contribution in [0.5, 0.6) is 0 Å². The van der Waals surface area contributed by atoms with Crippen LogP contribution in [-0.2, 0) is 9.53 Å². The average molecular weight is 373 g/mol. The van der Waals surface area contributed by atoms with E-state index in [9.17, 15) is 9.59 Å². The van der Waals surface area contributed by atoms with Gasteiger partial charge in [-0.2, -0.15) is 0 Å². The fraction of sp³-hybridized carbons (Fsp3) is 0.176. The molecule has 0 spiro atoms. The van der Waals surface area contributed by atoms with Crippen molar-refractivity contribution in [3.05, 3.63) is 48.2 Å². The highest BCUT2D eigenvalue weighted by atomic mass is 32.2. The number of carbonyl (C=O) groups is 2. The molecule has 3 rings (SSSR count). The summed E-state index contributed by atoms with van der Waals surface area (Å²) in [6.45, 7) is 0. The third kappa shape index (κ3) is 3.77. The molecule has 8 nitrogen and oxygen atoms in total. The number of rotatable bonds is 6. The molecule has 1 amide bonds. The van der Waals surface area contributed by atoms with Gasteiger partial charge >= 0.3 is 5.97 Å². The first-order valence-electron chi connectivity index (χ1n) is 7.54. The van der Waals surface area contributed by atoms with Gasteiger partial charge in [-0.3, -0.25) is 4.79 Å². The molecule has 0 N–H and O–H groups in total. The molecule has 0 bridgehead atoms. The number of hydrogen-bond acceptors (Lipinski definition) is 8. The van der Waals surface area contributed by atoms with Gasteiger partial charge < -0.3 is 18.5 Å². The molecule has 0 unspecified atom stereocenters. The van der Waals surface area contributed by atoms with Crippen LogP contribution < -0.4 is 4.90 Å². The second-order valence-corrected chi connectivity index (χ2v) is 6.03. The fourth-order valence-corrected chi connectivity index (χ4v) is 2.85. The first-order chi connectivity index (χ1) is 12.6. The van der Waals surface area contributed by atoms with Crippen LogP contribution in [0.3, 0.4) is 0 Å². The number of thioether (sulfide) groups is 1. The number of aromatic nitrogens is 2. The molecular weight excluding hydrogens is 358 g/mol. The minimum atomic E-state index is -0.507. The number of anilines is 1. The van der Waals surface area contributed by atoms with Gasteiger partial charge in [0, 0.05) is 7.05 Å². The zero-order valence-corrected chi connectivity index (χ0v) is 14.9. The molecule has 0 fully saturated rings. The molecule has 0 saturated carbocycles. The molecule has 0 aliphatic heterocycles. The van der Waals surface area contributed by atoms with Crippen LogP contribution in [-0.4, -0.2) is 42.0 Å². The van der Waals surface area contributed by atoms with E-state index in [-0.39, 0.29) is 22.8 Å². The quantitative estimate of drug-likeness (QED) is 0.480. The van der Waals surface area contributed by atoms with Gasteiger partial charge in [-0.05, 0) is 24.3 Å². The molecule has 26 heavy (non-hydrogen) atoms. The number of ether oxygens (including phenoxy) is 1. The van der Waals surface area contributed by atoms with Gasteiger partial charge in [0.1, 0.15) is 0 Å². The van der Waals surface area contributed by atoms with Crippen molar-refractivity contribution in [2.24, 2.45) is 0 Å². The van der Waals surface area contributed by atoms with Gasteiger partial charge in [-0.25, -0.2) is 4.79 Å². The molecule has 3 aromatic rings. The van der Waals surface area contributed by atoms with Crippen molar-refractivity contribution in [2.75, 3.05) is 24.8 Å². The van der Waals surface area contributed by atoms with Crippen LogP contribution in [0.25, 0.3) is 11.7 Å². The standard InChI is InChI=1S/C17H15N3O5S/c1-20(12-7-4-3-6-11(12)16(22)23-2)14(21)10-26-17-19-18-15(25-17)13-8-5-9-24-13/h3-9H,10H2,1-2H3. The summed E-state index contributed by atoms with van der Waals surface area (Å²) < 4.78 is 15.4. The Kier molecular flexibility index (Phi) is 5.37. The Morgan fingerprint density at radius 3 is 2.73 bits per heavy atom. The molecule has 0 aliphatic carbocycles. The maximum Gasteiger partial charge on any atom is 0.339 e. The van der Waals surface area contributed by atoms with E-state index in [4.69, 9.17) is 13.6 Å². The van der Waals surface area contributed by atoms with E-state index in [0.717, 1.165) is 11.8 Å². The molecule has 2 heterocycles. The lowest BCUT2D eigenvalue weighted by Gasteiger charge is -2.19. The van der Waals surface area contributed by atoms with Crippen molar-refractivity contribution >= 4 is 29.3 Å². The molecule has 9 heteroatoms. The van der Waals surface area contributed by atoms with E-state index < -0.39 is 5.97 Å². The van der Waals surface area contributed by atoms with Gasteiger partial charge in [0.25, 0.3) is 11.1 Å². The van der Waals surface area contributed by atoms with E-state index in [2.05, 4.69) is 10.2 Å². The molecule has 0 aliphatic rings. The molecule has 0 atom stereocenters. The molecule has 1 aromatic carbocycles. The highest BCUT2D eigenvalue weighted by molar-refractivity contribution is 7.99. The average Bonchev–Trinajstić information content (AvgIpc) is 3.36. The smallest absolute Gasteiger partial charge is 0.339 e. The monoisotopic (exact) mass is 373 g/mol. The number of para-hydroxylation sites is 1. The topological polar surface area (TPSA) is 98.7 Å². The summed E-state index contributed by atoms with van der Waals surface area (Å²) in [6, 6.07) is 10.1. The van der Waals surface area contributed by atoms with Gasteiger partial charge in [0.15, 0.2) is 5.76 Å². The number of furan rings is 1. The number of methoxy groups -OCH3 is 1. The van der Waals surface area contributed by atoms with Gasteiger partial charge in [0.05, 0.1) is 30.4 Å². The Morgan fingerprint density at radius 2 is 2.00 bits per heavy atom. The maximum absolute atomic E-state index is 12.5. The lowest BCUT2D eigenvalue weighted by molar-refractivity contribution is -0.115. The fourth-order valence-electron chi connectivity index (χ4n) is 2.17. The van der Waals surface area contributed by atoms with E-state index in [1.165, 1.54) is 18.3 Å². The Labute approximate surface area is 153 Å². The molecule has 134 valence electrons. The highest BCUT2D eigenvalue weighted by Gasteiger charge is 2.20. The summed E-state index contributed by atoms with van der Waals surface area (Å²) in [5, 5.41) is 8.00. The summed E-state index contributed by atoms with van der Waals surface area (Å²) in [5.41, 5.74) is 0.778. The van der Waals surface area contributed by atoms with E-state index in [1.807, 2.05) is 0 Å². The van der Waals surface area contributed by atoms with Gasteiger partial charge in [0.2, 0.25) is 5.91 Å². The Bertz CT molecular complexity index is 907. The lowest BCUT2D eigenvalue weighted by atomic mass is 10.1. The summed E-state index contributed by atoms with van der Waals surface area (Å²) in [6.07, 6.45) is 1.50. The molecule has 0 radical (unpaired) electrons. The summed E-state index contributed by atoms with van der Waals surface area (Å²) in [7, 11) is 2.88. The number of benzene rings is 1. The zero-order valence-electron chi connectivity index (χ0n) is 14.0. The predicted octanol–water partition coefficient (Wildman–Crippen LogP) is 2.87. The van der Waals surface area contributed by atoms with Crippen molar-refractivity contribution in [2.45, 2.75) is 5.22 Å². The van der Waals surface area contributed by atoms with Crippen molar-refractivity contribution in [1.29, 1.82) is 0 Å². The predicted molar refractivity (Wildman–Crippen MR) is 93.9 cm³/mol. The Morgan fingerprint density at radius 1 is 1.19 bits per heavy atom. The third-order valence-electron chi connectivity index (χ3n) is 3.50. The first-order valence-corrected chi connectivity index (χ1v) is 8.52. The molecule has 2 aromatic heterocycles. The van der Waals surface area contributed by atoms with Crippen LogP contribution in [0.4, 0.5) is 5.69 Å². The van der Waals surface area contributed by atoms with Crippen LogP contribution >= 0.6 is 11.8 Å². The second kappa shape index (κ2) is 7.87. The van der Waals surface area contributed by atoms with Gasteiger partial charge in [-0.1, -0.05) is 23.9 Å². The van der Waals surface area contributed by atoms with E-state index in [0.29, 0.717) is 17.0 Å². The first kappa shape index (κ1) is 17.7. The SMILES string of the molecule is COC(=O)c1ccccc1N(C)C(=O)CSc1nnc(-c2ccco2)o1. The minimum absolute atomic E-state index is 0.0613. The number of nitrogens with zero attached hydrogens (tertiary/aromatic N) is 3. The van der Waals surface area contributed by atoms with Crippen LogP contribution in [0.1, 0.15) is 10.4 Å². The van der Waals surface area contributed by atoms with Crippen molar-refractivity contribution < 1.29 is 23.2 Å². The maximum atomic E-state index is 12.5. The Balaban J connectivity index is 1.66. The third-order valence-corrected chi connectivity index (χ3v) is 4.31. The van der Waals surface area contributed by atoms with E-state index in [1.54, 1.807) is 43.4 Å². The lowest BCUT2D eigenvalue weighted by Crippen LogP contribution is -2.29.